The van der Waals surface area contributed by atoms with E-state index in [1.807, 2.05) is 0 Å². The first-order chi connectivity index (χ1) is 9.19. The lowest BCUT2D eigenvalue weighted by Crippen LogP contribution is -2.27. The fourth-order valence-electron chi connectivity index (χ4n) is 1.68. The second-order valence-corrected chi connectivity index (χ2v) is 5.27. The van der Waals surface area contributed by atoms with Crippen LogP contribution >= 0.6 is 0 Å². The number of fused-ring (bicyclic) bond motifs is 1. The highest BCUT2D eigenvalue weighted by Crippen LogP contribution is 2.27. The van der Waals surface area contributed by atoms with Crippen LogP contribution in [-0.2, 0) is 4.74 Å². The van der Waals surface area contributed by atoms with Gasteiger partial charge >= 0.3 is 12.1 Å². The molecule has 106 valence electrons. The molecule has 0 saturated carbocycles. The molecule has 20 heavy (non-hydrogen) atoms. The van der Waals surface area contributed by atoms with E-state index in [1.165, 1.54) is 12.3 Å². The SMILES string of the molecule is CC(C)(C)OC(=O)n1ncc2c(O)cc(C(=O)O)cc21. The minimum Gasteiger partial charge on any atom is -0.507 e. The molecule has 2 N–H and O–H groups in total. The Morgan fingerprint density at radius 2 is 1.95 bits per heavy atom. The topological polar surface area (TPSA) is 102 Å². The lowest BCUT2D eigenvalue weighted by Gasteiger charge is -2.19. The summed E-state index contributed by atoms with van der Waals surface area (Å²) in [6.07, 6.45) is 0.537. The van der Waals surface area contributed by atoms with E-state index < -0.39 is 17.7 Å². The third kappa shape index (κ3) is 2.56. The molecule has 1 heterocycles. The minimum atomic E-state index is -1.21. The van der Waals surface area contributed by atoms with E-state index in [1.54, 1.807) is 20.8 Å². The minimum absolute atomic E-state index is 0.139. The van der Waals surface area contributed by atoms with Gasteiger partial charge in [0.15, 0.2) is 0 Å². The zero-order chi connectivity index (χ0) is 15.1. The van der Waals surface area contributed by atoms with Crippen LogP contribution in [0.15, 0.2) is 18.3 Å². The maximum Gasteiger partial charge on any atom is 0.435 e. The summed E-state index contributed by atoms with van der Waals surface area (Å²) in [6.45, 7) is 5.12. The highest BCUT2D eigenvalue weighted by molar-refractivity contribution is 5.98. The largest absolute Gasteiger partial charge is 0.507 e. The van der Waals surface area contributed by atoms with Gasteiger partial charge in [0.2, 0.25) is 0 Å². The van der Waals surface area contributed by atoms with Gasteiger partial charge in [-0.25, -0.2) is 9.59 Å². The number of aromatic carboxylic acids is 1. The molecule has 0 radical (unpaired) electrons. The Bertz CT molecular complexity index is 697. The molecule has 0 amide bonds. The number of benzene rings is 1. The van der Waals surface area contributed by atoms with Crippen LogP contribution in [0.25, 0.3) is 10.9 Å². The van der Waals surface area contributed by atoms with Gasteiger partial charge in [0, 0.05) is 0 Å². The third-order valence-electron chi connectivity index (χ3n) is 2.48. The number of phenols is 1. The van der Waals surface area contributed by atoms with Gasteiger partial charge in [-0.2, -0.15) is 9.78 Å². The Hall–Kier alpha value is -2.57. The van der Waals surface area contributed by atoms with Crippen molar-refractivity contribution in [2.75, 3.05) is 0 Å². The number of aromatic hydroxyl groups is 1. The molecule has 0 aliphatic carbocycles. The number of carbonyl (C=O) groups is 2. The molecule has 7 nitrogen and oxygen atoms in total. The van der Waals surface area contributed by atoms with Crippen molar-refractivity contribution in [2.45, 2.75) is 26.4 Å². The maximum absolute atomic E-state index is 12.0. The predicted molar refractivity (Wildman–Crippen MR) is 70.0 cm³/mol. The number of carbonyl (C=O) groups excluding carboxylic acids is 1. The van der Waals surface area contributed by atoms with E-state index in [-0.39, 0.29) is 22.2 Å². The summed E-state index contributed by atoms with van der Waals surface area (Å²) < 4.78 is 6.09. The van der Waals surface area contributed by atoms with E-state index in [4.69, 9.17) is 9.84 Å². The van der Waals surface area contributed by atoms with Gasteiger partial charge in [-0.3, -0.25) is 0 Å². The molecule has 0 spiro atoms. The molecule has 0 bridgehead atoms. The second kappa shape index (κ2) is 4.52. The zero-order valence-corrected chi connectivity index (χ0v) is 11.2. The van der Waals surface area contributed by atoms with Crippen molar-refractivity contribution in [1.82, 2.24) is 9.78 Å². The number of carboxylic acids is 1. The molecule has 0 fully saturated rings. The van der Waals surface area contributed by atoms with Crippen LogP contribution in [0.2, 0.25) is 0 Å². The van der Waals surface area contributed by atoms with Crippen molar-refractivity contribution in [3.05, 3.63) is 23.9 Å². The van der Waals surface area contributed by atoms with Crippen LogP contribution in [0.5, 0.6) is 5.75 Å². The summed E-state index contributed by atoms with van der Waals surface area (Å²) in [6, 6.07) is 2.36. The fourth-order valence-corrected chi connectivity index (χ4v) is 1.68. The molecule has 0 saturated heterocycles. The number of aromatic nitrogens is 2. The quantitative estimate of drug-likeness (QED) is 0.829. The van der Waals surface area contributed by atoms with Crippen molar-refractivity contribution < 1.29 is 24.5 Å². The number of hydrogen-bond acceptors (Lipinski definition) is 5. The number of phenolic OH excluding ortho intramolecular Hbond substituents is 1. The number of nitrogens with zero attached hydrogens (tertiary/aromatic N) is 2. The van der Waals surface area contributed by atoms with Gasteiger partial charge in [-0.15, -0.1) is 0 Å². The monoisotopic (exact) mass is 278 g/mol. The summed E-state index contributed by atoms with van der Waals surface area (Å²) in [4.78, 5) is 22.9. The normalized spacial score (nSPS) is 11.6. The summed E-state index contributed by atoms with van der Waals surface area (Å²) >= 11 is 0. The van der Waals surface area contributed by atoms with Gasteiger partial charge in [0.1, 0.15) is 11.4 Å². The molecular formula is C13H14N2O5. The van der Waals surface area contributed by atoms with Gasteiger partial charge in [-0.05, 0) is 32.9 Å². The van der Waals surface area contributed by atoms with Gasteiger partial charge in [-0.1, -0.05) is 0 Å². The predicted octanol–water partition coefficient (Wildman–Crippen LogP) is 2.22. The molecule has 0 aliphatic rings. The third-order valence-corrected chi connectivity index (χ3v) is 2.48. The van der Waals surface area contributed by atoms with Crippen LogP contribution in [-0.4, -0.2) is 37.7 Å². The fraction of sp³-hybridized carbons (Fsp3) is 0.308. The average Bonchev–Trinajstić information content (AvgIpc) is 2.70. The highest BCUT2D eigenvalue weighted by atomic mass is 16.6. The van der Waals surface area contributed by atoms with Crippen LogP contribution in [0.4, 0.5) is 4.79 Å². The maximum atomic E-state index is 12.0. The molecule has 0 aliphatic heterocycles. The lowest BCUT2D eigenvalue weighted by molar-refractivity contribution is 0.0521. The molecule has 0 unspecified atom stereocenters. The molecule has 2 rings (SSSR count). The number of hydrogen-bond donors (Lipinski definition) is 2. The lowest BCUT2D eigenvalue weighted by atomic mass is 10.1. The Labute approximate surface area is 114 Å². The highest BCUT2D eigenvalue weighted by Gasteiger charge is 2.21. The Kier molecular flexibility index (Phi) is 3.13. The summed E-state index contributed by atoms with van der Waals surface area (Å²) in [5, 5.41) is 22.8. The molecule has 0 atom stereocenters. The summed E-state index contributed by atoms with van der Waals surface area (Å²) in [7, 11) is 0. The van der Waals surface area contributed by atoms with E-state index in [9.17, 15) is 14.7 Å². The Balaban J connectivity index is 2.55. The average molecular weight is 278 g/mol. The van der Waals surface area contributed by atoms with Crippen LogP contribution in [0.3, 0.4) is 0 Å². The van der Waals surface area contributed by atoms with E-state index >= 15 is 0 Å². The smallest absolute Gasteiger partial charge is 0.435 e. The van der Waals surface area contributed by atoms with E-state index in [0.29, 0.717) is 0 Å². The molecule has 7 heteroatoms. The summed E-state index contributed by atoms with van der Waals surface area (Å²) in [5.74, 6) is -1.46. The van der Waals surface area contributed by atoms with E-state index in [2.05, 4.69) is 5.10 Å². The van der Waals surface area contributed by atoms with Gasteiger partial charge in [0.05, 0.1) is 22.7 Å². The van der Waals surface area contributed by atoms with Gasteiger partial charge in [0.25, 0.3) is 0 Å². The first kappa shape index (κ1) is 13.9. The molecule has 2 aromatic rings. The molecular weight excluding hydrogens is 264 g/mol. The van der Waals surface area contributed by atoms with Crippen LogP contribution in [0, 0.1) is 0 Å². The molecule has 1 aromatic carbocycles. The Morgan fingerprint density at radius 3 is 2.50 bits per heavy atom. The van der Waals surface area contributed by atoms with Gasteiger partial charge < -0.3 is 14.9 Å². The number of carboxylic acid groups (broad SMARTS) is 1. The van der Waals surface area contributed by atoms with Crippen molar-refractivity contribution >= 4 is 23.0 Å². The van der Waals surface area contributed by atoms with Crippen molar-refractivity contribution in [3.63, 3.8) is 0 Å². The Morgan fingerprint density at radius 1 is 1.30 bits per heavy atom. The van der Waals surface area contributed by atoms with E-state index in [0.717, 1.165) is 10.7 Å². The standard InChI is InChI=1S/C13H14N2O5/c1-13(2,3)20-12(19)15-9-4-7(11(17)18)5-10(16)8(9)6-14-15/h4-6,16H,1-3H3,(H,17,18). The second-order valence-electron chi connectivity index (χ2n) is 5.27. The van der Waals surface area contributed by atoms with Crippen molar-refractivity contribution in [1.29, 1.82) is 0 Å². The van der Waals surface area contributed by atoms with Crippen molar-refractivity contribution in [2.24, 2.45) is 0 Å². The zero-order valence-electron chi connectivity index (χ0n) is 11.2. The van der Waals surface area contributed by atoms with Crippen molar-refractivity contribution in [3.8, 4) is 5.75 Å². The number of ether oxygens (including phenoxy) is 1. The molecule has 1 aromatic heterocycles. The first-order valence-corrected chi connectivity index (χ1v) is 5.86. The first-order valence-electron chi connectivity index (χ1n) is 5.86. The summed E-state index contributed by atoms with van der Waals surface area (Å²) in [5.41, 5.74) is -0.668. The number of rotatable bonds is 1. The van der Waals surface area contributed by atoms with Crippen LogP contribution in [0.1, 0.15) is 31.1 Å². The van der Waals surface area contributed by atoms with Crippen LogP contribution < -0.4 is 0 Å².